The van der Waals surface area contributed by atoms with Crippen molar-refractivity contribution in [3.8, 4) is 0 Å². The van der Waals surface area contributed by atoms with Crippen LogP contribution in [-0.2, 0) is 20.6 Å². The van der Waals surface area contributed by atoms with E-state index in [0.717, 1.165) is 0 Å². The maximum atomic E-state index is 11.9. The van der Waals surface area contributed by atoms with Crippen LogP contribution in [0, 0.1) is 0 Å². The first kappa shape index (κ1) is 18.3. The lowest BCUT2D eigenvalue weighted by Crippen LogP contribution is -2.32. The van der Waals surface area contributed by atoms with E-state index in [4.69, 9.17) is 15.6 Å². The molecule has 12 heteroatoms. The molecule has 0 saturated carbocycles. The average molecular weight is 358 g/mol. The number of carbonyl (C=O) groups is 1. The van der Waals surface area contributed by atoms with Gasteiger partial charge in [0.2, 0.25) is 0 Å². The molecule has 0 aliphatic carbocycles. The van der Waals surface area contributed by atoms with Gasteiger partial charge in [0, 0.05) is 0 Å². The van der Waals surface area contributed by atoms with Crippen LogP contribution in [0.1, 0.15) is 13.8 Å². The zero-order valence-electron chi connectivity index (χ0n) is 13.2. The Morgan fingerprint density at radius 3 is 2.83 bits per heavy atom. The third kappa shape index (κ3) is 4.48. The Bertz CT molecular complexity index is 780. The molecule has 0 aliphatic rings. The van der Waals surface area contributed by atoms with Crippen molar-refractivity contribution in [3.05, 3.63) is 12.7 Å². The number of nitrogens with one attached hydrogen (secondary N) is 1. The molecule has 2 aromatic heterocycles. The van der Waals surface area contributed by atoms with Crippen LogP contribution in [0.4, 0.5) is 5.82 Å². The van der Waals surface area contributed by atoms with E-state index in [2.05, 4.69) is 20.0 Å². The highest BCUT2D eigenvalue weighted by atomic mass is 31.2. The van der Waals surface area contributed by atoms with E-state index in [-0.39, 0.29) is 5.82 Å². The number of nitrogens with zero attached hydrogens (tertiary/aromatic N) is 4. The number of aromatic nitrogens is 4. The van der Waals surface area contributed by atoms with Gasteiger partial charge in [0.25, 0.3) is 7.52 Å². The highest BCUT2D eigenvalue weighted by molar-refractivity contribution is 7.55. The lowest BCUT2D eigenvalue weighted by atomic mass is 10.4. The number of imidazole rings is 1. The van der Waals surface area contributed by atoms with Crippen LogP contribution in [0.25, 0.3) is 11.2 Å². The van der Waals surface area contributed by atoms with Gasteiger partial charge in [-0.25, -0.2) is 20.0 Å². The maximum Gasteiger partial charge on any atom is 0.320 e. The molecule has 0 fully saturated rings. The number of nitrogens with two attached hydrogens (primary N) is 1. The zero-order valence-corrected chi connectivity index (χ0v) is 14.1. The molecule has 0 spiro atoms. The summed E-state index contributed by atoms with van der Waals surface area (Å²) in [6.07, 6.45) is 1.88. The van der Waals surface area contributed by atoms with Crippen LogP contribution in [0.2, 0.25) is 0 Å². The Hall–Kier alpha value is -2.07. The van der Waals surface area contributed by atoms with Crippen LogP contribution in [0.5, 0.6) is 0 Å². The summed E-state index contributed by atoms with van der Waals surface area (Å²) in [5, 5.41) is 10.9. The minimum Gasteiger partial charge on any atom is -0.480 e. The molecule has 0 saturated heterocycles. The SMILES string of the molecule is CC(NP(=O)(O)CO[C@H](C)Cn1cnc2c(N)ncnc21)C(=O)O. The molecular weight excluding hydrogens is 339 g/mol. The van der Waals surface area contributed by atoms with Gasteiger partial charge in [-0.05, 0) is 13.8 Å². The normalized spacial score (nSPS) is 16.6. The third-order valence-corrected chi connectivity index (χ3v) is 4.47. The Labute approximate surface area is 137 Å². The van der Waals surface area contributed by atoms with E-state index in [1.165, 1.54) is 19.6 Å². The van der Waals surface area contributed by atoms with Crippen LogP contribution in [0.3, 0.4) is 0 Å². The molecule has 132 valence electrons. The number of rotatable bonds is 8. The van der Waals surface area contributed by atoms with Gasteiger partial charge in [0.05, 0.1) is 19.0 Å². The van der Waals surface area contributed by atoms with E-state index in [9.17, 15) is 14.3 Å². The Balaban J connectivity index is 1.95. The van der Waals surface area contributed by atoms with Crippen molar-refractivity contribution in [3.63, 3.8) is 0 Å². The molecule has 2 rings (SSSR count). The molecule has 0 amide bonds. The second kappa shape index (κ2) is 7.22. The first-order chi connectivity index (χ1) is 11.2. The topological polar surface area (TPSA) is 165 Å². The van der Waals surface area contributed by atoms with Crippen molar-refractivity contribution in [2.75, 3.05) is 12.1 Å². The van der Waals surface area contributed by atoms with Crippen molar-refractivity contribution in [1.29, 1.82) is 0 Å². The number of hydrogen-bond acceptors (Lipinski definition) is 7. The van der Waals surface area contributed by atoms with Gasteiger partial charge in [-0.3, -0.25) is 9.36 Å². The summed E-state index contributed by atoms with van der Waals surface area (Å²) in [6.45, 7) is 3.30. The summed E-state index contributed by atoms with van der Waals surface area (Å²) in [7, 11) is -3.93. The minimum atomic E-state index is -3.93. The number of anilines is 1. The average Bonchev–Trinajstić information content (AvgIpc) is 2.89. The standard InChI is InChI=1S/C12H19N6O5P/c1-7(23-6-24(21,22)17-8(2)12(19)20)3-18-5-16-9-10(13)14-4-15-11(9)18/h4-5,7-8H,3,6H2,1-2H3,(H,19,20)(H2,13,14,15)(H2,17,21,22)/t7-,8?/m1/s1. The summed E-state index contributed by atoms with van der Waals surface area (Å²) >= 11 is 0. The van der Waals surface area contributed by atoms with Crippen molar-refractivity contribution in [1.82, 2.24) is 24.6 Å². The minimum absolute atomic E-state index is 0.263. The van der Waals surface area contributed by atoms with Gasteiger partial charge in [-0.15, -0.1) is 0 Å². The van der Waals surface area contributed by atoms with Gasteiger partial charge in [0.1, 0.15) is 24.2 Å². The molecule has 11 nitrogen and oxygen atoms in total. The number of nitrogen functional groups attached to an aromatic ring is 1. The number of aliphatic carboxylic acids is 1. The summed E-state index contributed by atoms with van der Waals surface area (Å²) < 4.78 is 18.9. The summed E-state index contributed by atoms with van der Waals surface area (Å²) in [4.78, 5) is 32.5. The lowest BCUT2D eigenvalue weighted by Gasteiger charge is -2.19. The molecule has 0 bridgehead atoms. The lowest BCUT2D eigenvalue weighted by molar-refractivity contribution is -0.138. The largest absolute Gasteiger partial charge is 0.480 e. The molecule has 2 aromatic rings. The van der Waals surface area contributed by atoms with Gasteiger partial charge >= 0.3 is 5.97 Å². The van der Waals surface area contributed by atoms with Crippen LogP contribution in [0.15, 0.2) is 12.7 Å². The van der Waals surface area contributed by atoms with E-state index >= 15 is 0 Å². The molecule has 24 heavy (non-hydrogen) atoms. The van der Waals surface area contributed by atoms with Gasteiger partial charge < -0.3 is 25.0 Å². The third-order valence-electron chi connectivity index (χ3n) is 3.18. The molecule has 3 atom stereocenters. The van der Waals surface area contributed by atoms with Gasteiger partial charge in [-0.1, -0.05) is 0 Å². The van der Waals surface area contributed by atoms with Gasteiger partial charge in [0.15, 0.2) is 11.5 Å². The fourth-order valence-corrected chi connectivity index (χ4v) is 3.23. The molecule has 5 N–H and O–H groups in total. The monoisotopic (exact) mass is 358 g/mol. The molecule has 2 heterocycles. The smallest absolute Gasteiger partial charge is 0.320 e. The van der Waals surface area contributed by atoms with E-state index < -0.39 is 32.0 Å². The summed E-state index contributed by atoms with van der Waals surface area (Å²) in [5.41, 5.74) is 6.70. The number of carboxylic acid groups (broad SMARTS) is 1. The van der Waals surface area contributed by atoms with E-state index in [0.29, 0.717) is 17.7 Å². The highest BCUT2D eigenvalue weighted by Crippen LogP contribution is 2.36. The van der Waals surface area contributed by atoms with Crippen LogP contribution in [-0.4, -0.2) is 54.0 Å². The molecule has 2 unspecified atom stereocenters. The van der Waals surface area contributed by atoms with Crippen molar-refractivity contribution < 1.29 is 24.1 Å². The molecular formula is C12H19N6O5P. The maximum absolute atomic E-state index is 11.9. The number of hydrogen-bond donors (Lipinski definition) is 4. The highest BCUT2D eigenvalue weighted by Gasteiger charge is 2.25. The van der Waals surface area contributed by atoms with Crippen LogP contribution >= 0.6 is 7.52 Å². The van der Waals surface area contributed by atoms with Crippen LogP contribution < -0.4 is 10.8 Å². The van der Waals surface area contributed by atoms with E-state index in [1.807, 2.05) is 0 Å². The Morgan fingerprint density at radius 2 is 2.17 bits per heavy atom. The van der Waals surface area contributed by atoms with Gasteiger partial charge in [-0.2, -0.15) is 0 Å². The van der Waals surface area contributed by atoms with Crippen molar-refractivity contribution in [2.24, 2.45) is 0 Å². The molecule has 0 aliphatic heterocycles. The Kier molecular flexibility index (Phi) is 5.50. The van der Waals surface area contributed by atoms with Crippen molar-refractivity contribution in [2.45, 2.75) is 32.5 Å². The van der Waals surface area contributed by atoms with Crippen molar-refractivity contribution >= 4 is 30.5 Å². The number of carboxylic acids is 1. The second-order valence-electron chi connectivity index (χ2n) is 5.33. The quantitative estimate of drug-likeness (QED) is 0.472. The summed E-state index contributed by atoms with van der Waals surface area (Å²) in [6, 6.07) is -1.16. The van der Waals surface area contributed by atoms with E-state index in [1.54, 1.807) is 11.5 Å². The zero-order chi connectivity index (χ0) is 17.9. The molecule has 0 aromatic carbocycles. The second-order valence-corrected chi connectivity index (χ2v) is 7.24. The number of ether oxygens (including phenoxy) is 1. The fraction of sp³-hybridized carbons (Fsp3) is 0.500. The number of fused-ring (bicyclic) bond motifs is 1. The Morgan fingerprint density at radius 1 is 1.46 bits per heavy atom. The first-order valence-corrected chi connectivity index (χ1v) is 8.89. The first-order valence-electron chi connectivity index (χ1n) is 7.05. The predicted molar refractivity (Wildman–Crippen MR) is 85.2 cm³/mol. The predicted octanol–water partition coefficient (Wildman–Crippen LogP) is 0.0192. The summed E-state index contributed by atoms with van der Waals surface area (Å²) in [5.74, 6) is -0.960. The fourth-order valence-electron chi connectivity index (χ4n) is 1.99. The molecule has 0 radical (unpaired) electrons.